The fraction of sp³-hybridized carbons (Fsp3) is 0.167. The SMILES string of the molecule is C=C(N)CCc1nc(-c2ccc(Cl)cc2)ns1. The van der Waals surface area contributed by atoms with Crippen LogP contribution in [0.3, 0.4) is 0 Å². The lowest BCUT2D eigenvalue weighted by Gasteiger charge is -1.95. The molecule has 0 bridgehead atoms. The minimum Gasteiger partial charge on any atom is -0.403 e. The average molecular weight is 266 g/mol. The van der Waals surface area contributed by atoms with Gasteiger partial charge in [0.15, 0.2) is 5.82 Å². The van der Waals surface area contributed by atoms with Crippen LogP contribution in [0.15, 0.2) is 36.5 Å². The predicted molar refractivity (Wildman–Crippen MR) is 72.0 cm³/mol. The van der Waals surface area contributed by atoms with Crippen molar-refractivity contribution < 1.29 is 0 Å². The van der Waals surface area contributed by atoms with E-state index in [2.05, 4.69) is 15.9 Å². The van der Waals surface area contributed by atoms with E-state index in [0.717, 1.165) is 29.2 Å². The monoisotopic (exact) mass is 265 g/mol. The summed E-state index contributed by atoms with van der Waals surface area (Å²) in [7, 11) is 0. The molecular formula is C12H12ClN3S. The molecule has 2 aromatic rings. The van der Waals surface area contributed by atoms with Crippen molar-refractivity contribution in [2.45, 2.75) is 12.8 Å². The zero-order valence-electron chi connectivity index (χ0n) is 9.19. The maximum atomic E-state index is 5.83. The number of nitrogens with two attached hydrogens (primary N) is 1. The van der Waals surface area contributed by atoms with Crippen molar-refractivity contribution in [1.29, 1.82) is 0 Å². The van der Waals surface area contributed by atoms with Crippen LogP contribution in [0.2, 0.25) is 5.02 Å². The Kier molecular flexibility index (Phi) is 3.76. The highest BCUT2D eigenvalue weighted by Crippen LogP contribution is 2.21. The van der Waals surface area contributed by atoms with Gasteiger partial charge in [0.25, 0.3) is 0 Å². The number of hydrogen-bond acceptors (Lipinski definition) is 4. The fourth-order valence-corrected chi connectivity index (χ4v) is 2.12. The standard InChI is InChI=1S/C12H12ClN3S/c1-8(14)2-7-11-15-12(16-17-11)9-3-5-10(13)6-4-9/h3-6H,1-2,7,14H2. The zero-order valence-corrected chi connectivity index (χ0v) is 10.8. The summed E-state index contributed by atoms with van der Waals surface area (Å²) in [5.74, 6) is 0.740. The quantitative estimate of drug-likeness (QED) is 0.923. The van der Waals surface area contributed by atoms with Crippen LogP contribution in [0.1, 0.15) is 11.4 Å². The molecule has 0 fully saturated rings. The van der Waals surface area contributed by atoms with Crippen molar-refractivity contribution in [3.05, 3.63) is 46.6 Å². The topological polar surface area (TPSA) is 51.8 Å². The molecule has 0 saturated carbocycles. The summed E-state index contributed by atoms with van der Waals surface area (Å²) in [6.45, 7) is 3.66. The highest BCUT2D eigenvalue weighted by Gasteiger charge is 2.06. The largest absolute Gasteiger partial charge is 0.403 e. The molecule has 1 heterocycles. The highest BCUT2D eigenvalue weighted by molar-refractivity contribution is 7.05. The Hall–Kier alpha value is -1.39. The van der Waals surface area contributed by atoms with E-state index >= 15 is 0 Å². The second kappa shape index (κ2) is 5.29. The van der Waals surface area contributed by atoms with Crippen LogP contribution < -0.4 is 5.73 Å². The fourth-order valence-electron chi connectivity index (χ4n) is 1.34. The third-order valence-corrected chi connectivity index (χ3v) is 3.25. The lowest BCUT2D eigenvalue weighted by atomic mass is 10.2. The summed E-state index contributed by atoms with van der Waals surface area (Å²) in [6.07, 6.45) is 1.54. The Morgan fingerprint density at radius 2 is 2.06 bits per heavy atom. The molecule has 0 atom stereocenters. The van der Waals surface area contributed by atoms with Crippen LogP contribution >= 0.6 is 23.1 Å². The summed E-state index contributed by atoms with van der Waals surface area (Å²) < 4.78 is 4.31. The minimum atomic E-state index is 0.674. The van der Waals surface area contributed by atoms with E-state index in [9.17, 15) is 0 Å². The van der Waals surface area contributed by atoms with E-state index in [4.69, 9.17) is 17.3 Å². The number of aryl methyl sites for hydroxylation is 1. The molecule has 2 N–H and O–H groups in total. The van der Waals surface area contributed by atoms with Gasteiger partial charge in [-0.25, -0.2) is 4.98 Å². The maximum absolute atomic E-state index is 5.83. The molecule has 1 aromatic carbocycles. The number of aromatic nitrogens is 2. The Morgan fingerprint density at radius 1 is 1.35 bits per heavy atom. The van der Waals surface area contributed by atoms with Gasteiger partial charge in [0.2, 0.25) is 0 Å². The normalized spacial score (nSPS) is 10.4. The molecule has 0 saturated heterocycles. The molecule has 0 aliphatic carbocycles. The maximum Gasteiger partial charge on any atom is 0.173 e. The van der Waals surface area contributed by atoms with Gasteiger partial charge in [-0.2, -0.15) is 4.37 Å². The van der Waals surface area contributed by atoms with Crippen molar-refractivity contribution in [2.24, 2.45) is 5.73 Å². The summed E-state index contributed by atoms with van der Waals surface area (Å²) in [4.78, 5) is 4.45. The van der Waals surface area contributed by atoms with Gasteiger partial charge < -0.3 is 5.73 Å². The van der Waals surface area contributed by atoms with Crippen LogP contribution in [0.5, 0.6) is 0 Å². The summed E-state index contributed by atoms with van der Waals surface area (Å²) in [5.41, 5.74) is 7.17. The first-order chi connectivity index (χ1) is 8.15. The van der Waals surface area contributed by atoms with Crippen molar-refractivity contribution in [3.8, 4) is 11.4 Å². The Balaban J connectivity index is 2.12. The van der Waals surface area contributed by atoms with Gasteiger partial charge in [0.1, 0.15) is 5.01 Å². The summed E-state index contributed by atoms with van der Waals surface area (Å²) in [5, 5.41) is 1.69. The van der Waals surface area contributed by atoms with Crippen molar-refractivity contribution >= 4 is 23.1 Å². The molecule has 5 heteroatoms. The zero-order chi connectivity index (χ0) is 12.3. The lowest BCUT2D eigenvalue weighted by molar-refractivity contribution is 0.919. The second-order valence-electron chi connectivity index (χ2n) is 3.68. The van der Waals surface area contributed by atoms with Gasteiger partial charge in [-0.05, 0) is 42.2 Å². The van der Waals surface area contributed by atoms with Crippen LogP contribution in [-0.2, 0) is 6.42 Å². The summed E-state index contributed by atoms with van der Waals surface area (Å²) >= 11 is 7.23. The predicted octanol–water partition coefficient (Wildman–Crippen LogP) is 3.26. The Labute approximate surface area is 109 Å². The first-order valence-electron chi connectivity index (χ1n) is 5.17. The van der Waals surface area contributed by atoms with Crippen molar-refractivity contribution in [1.82, 2.24) is 9.36 Å². The van der Waals surface area contributed by atoms with Gasteiger partial charge in [-0.15, -0.1) is 0 Å². The molecule has 0 amide bonds. The molecule has 0 unspecified atom stereocenters. The first kappa shape index (κ1) is 12.1. The molecule has 0 radical (unpaired) electrons. The van der Waals surface area contributed by atoms with Crippen molar-refractivity contribution in [2.75, 3.05) is 0 Å². The van der Waals surface area contributed by atoms with E-state index in [0.29, 0.717) is 10.7 Å². The van der Waals surface area contributed by atoms with Crippen LogP contribution in [0.25, 0.3) is 11.4 Å². The third-order valence-electron chi connectivity index (χ3n) is 2.23. The number of hydrogen-bond donors (Lipinski definition) is 1. The van der Waals surface area contributed by atoms with Crippen molar-refractivity contribution in [3.63, 3.8) is 0 Å². The Morgan fingerprint density at radius 3 is 2.71 bits per heavy atom. The first-order valence-corrected chi connectivity index (χ1v) is 6.32. The van der Waals surface area contributed by atoms with E-state index in [1.165, 1.54) is 11.5 Å². The highest BCUT2D eigenvalue weighted by atomic mass is 35.5. The molecule has 3 nitrogen and oxygen atoms in total. The van der Waals surface area contributed by atoms with E-state index < -0.39 is 0 Å². The number of halogens is 1. The van der Waals surface area contributed by atoms with Gasteiger partial charge in [-0.1, -0.05) is 18.2 Å². The molecule has 0 aliphatic heterocycles. The van der Waals surface area contributed by atoms with Gasteiger partial charge >= 0.3 is 0 Å². The molecule has 0 spiro atoms. The van der Waals surface area contributed by atoms with Crippen LogP contribution in [-0.4, -0.2) is 9.36 Å². The number of benzene rings is 1. The van der Waals surface area contributed by atoms with E-state index in [1.54, 1.807) is 0 Å². The molecular weight excluding hydrogens is 254 g/mol. The van der Waals surface area contributed by atoms with Gasteiger partial charge in [0, 0.05) is 22.7 Å². The smallest absolute Gasteiger partial charge is 0.173 e. The second-order valence-corrected chi connectivity index (χ2v) is 4.95. The van der Waals surface area contributed by atoms with Crippen LogP contribution in [0, 0.1) is 0 Å². The third kappa shape index (κ3) is 3.28. The van der Waals surface area contributed by atoms with Gasteiger partial charge in [0.05, 0.1) is 0 Å². The minimum absolute atomic E-state index is 0.674. The Bertz CT molecular complexity index is 519. The molecule has 0 aliphatic rings. The molecule has 1 aromatic heterocycles. The number of nitrogens with zero attached hydrogens (tertiary/aromatic N) is 2. The van der Waals surface area contributed by atoms with Crippen LogP contribution in [0.4, 0.5) is 0 Å². The lowest BCUT2D eigenvalue weighted by Crippen LogP contribution is -1.96. The average Bonchev–Trinajstić information content (AvgIpc) is 2.76. The van der Waals surface area contributed by atoms with Gasteiger partial charge in [-0.3, -0.25) is 0 Å². The van der Waals surface area contributed by atoms with E-state index in [1.807, 2.05) is 24.3 Å². The number of rotatable bonds is 4. The molecule has 88 valence electrons. The molecule has 17 heavy (non-hydrogen) atoms. The van der Waals surface area contributed by atoms with E-state index in [-0.39, 0.29) is 0 Å². The number of allylic oxidation sites excluding steroid dienone is 1. The summed E-state index contributed by atoms with van der Waals surface area (Å²) in [6, 6.07) is 7.49. The molecule has 2 rings (SSSR count).